The summed E-state index contributed by atoms with van der Waals surface area (Å²) in [7, 11) is 0. The van der Waals surface area contributed by atoms with Crippen molar-refractivity contribution in [2.75, 3.05) is 0 Å². The molecule has 0 radical (unpaired) electrons. The topological polar surface area (TPSA) is 63.7 Å². The molecule has 1 atom stereocenters. The van der Waals surface area contributed by atoms with Crippen molar-refractivity contribution < 1.29 is 19.1 Å². The fourth-order valence-corrected chi connectivity index (χ4v) is 4.17. The third-order valence-electron chi connectivity index (χ3n) is 6.53. The highest BCUT2D eigenvalue weighted by Crippen LogP contribution is 2.37. The largest absolute Gasteiger partial charge is 0.457 e. The Morgan fingerprint density at radius 1 is 1.06 bits per heavy atom. The number of hydrogen-bond donors (Lipinski definition) is 0. The van der Waals surface area contributed by atoms with E-state index in [0.29, 0.717) is 24.3 Å². The molecule has 0 saturated heterocycles. The van der Waals surface area contributed by atoms with E-state index in [2.05, 4.69) is 27.4 Å². The molecule has 0 bridgehead atoms. The van der Waals surface area contributed by atoms with Gasteiger partial charge in [0.15, 0.2) is 5.78 Å². The number of benzene rings is 2. The zero-order chi connectivity index (χ0) is 22.3. The number of nitrogens with zero attached hydrogens (tertiary/aromatic N) is 1. The quantitative estimate of drug-likeness (QED) is 0.480. The molecular formula is C26H27NO4. The fraction of sp³-hybridized carbons (Fsp3) is 0.346. The molecule has 4 rings (SSSR count). The van der Waals surface area contributed by atoms with Crippen LogP contribution in [0.4, 0.5) is 0 Å². The Hall–Kier alpha value is -3.21. The first kappa shape index (κ1) is 21.0. The van der Waals surface area contributed by atoms with Gasteiger partial charge in [0.25, 0.3) is 11.8 Å². The lowest BCUT2D eigenvalue weighted by Crippen LogP contribution is -2.46. The van der Waals surface area contributed by atoms with Crippen LogP contribution in [0, 0.1) is 0 Å². The van der Waals surface area contributed by atoms with Gasteiger partial charge in [0, 0.05) is 6.42 Å². The summed E-state index contributed by atoms with van der Waals surface area (Å²) < 4.78 is 6.02. The zero-order valence-corrected chi connectivity index (χ0v) is 18.2. The molecule has 5 nitrogen and oxygen atoms in total. The van der Waals surface area contributed by atoms with Crippen LogP contribution < -0.4 is 4.74 Å². The third kappa shape index (κ3) is 3.69. The number of hydrogen-bond acceptors (Lipinski definition) is 4. The minimum Gasteiger partial charge on any atom is -0.457 e. The molecule has 1 aliphatic carbocycles. The van der Waals surface area contributed by atoms with E-state index in [-0.39, 0.29) is 28.7 Å². The van der Waals surface area contributed by atoms with Gasteiger partial charge < -0.3 is 4.74 Å². The van der Waals surface area contributed by atoms with Crippen LogP contribution in [0.1, 0.15) is 72.7 Å². The summed E-state index contributed by atoms with van der Waals surface area (Å²) in [4.78, 5) is 39.8. The van der Waals surface area contributed by atoms with Crippen molar-refractivity contribution in [2.24, 2.45) is 0 Å². The second kappa shape index (κ2) is 7.80. The van der Waals surface area contributed by atoms with E-state index < -0.39 is 17.9 Å². The lowest BCUT2D eigenvalue weighted by atomic mass is 9.82. The van der Waals surface area contributed by atoms with Crippen molar-refractivity contribution in [2.45, 2.75) is 57.9 Å². The number of imide groups is 1. The van der Waals surface area contributed by atoms with Crippen molar-refractivity contribution >= 4 is 17.6 Å². The summed E-state index contributed by atoms with van der Waals surface area (Å²) in [5.41, 5.74) is 2.62. The van der Waals surface area contributed by atoms with Gasteiger partial charge in [-0.25, -0.2) is 0 Å². The second-order valence-electron chi connectivity index (χ2n) is 8.97. The van der Waals surface area contributed by atoms with Crippen LogP contribution in [0.25, 0.3) is 0 Å². The van der Waals surface area contributed by atoms with Crippen LogP contribution in [0.3, 0.4) is 0 Å². The highest BCUT2D eigenvalue weighted by atomic mass is 16.5. The van der Waals surface area contributed by atoms with Crippen LogP contribution in [0.15, 0.2) is 54.6 Å². The van der Waals surface area contributed by atoms with Crippen molar-refractivity contribution in [3.8, 4) is 11.5 Å². The number of carbonyl (C=O) groups is 3. The molecular weight excluding hydrogens is 390 g/mol. The molecule has 2 amide bonds. The van der Waals surface area contributed by atoms with Gasteiger partial charge in [-0.15, -0.1) is 0 Å². The summed E-state index contributed by atoms with van der Waals surface area (Å²) in [5.74, 6) is -0.120. The van der Waals surface area contributed by atoms with E-state index in [1.807, 2.05) is 24.3 Å². The normalized spacial score (nSPS) is 19.1. The first-order valence-corrected chi connectivity index (χ1v) is 10.7. The molecule has 1 aliphatic heterocycles. The average Bonchev–Trinajstić information content (AvgIpc) is 3.00. The maximum absolute atomic E-state index is 13.2. The minimum absolute atomic E-state index is 0.0627. The van der Waals surface area contributed by atoms with Gasteiger partial charge in [0.1, 0.15) is 11.5 Å². The van der Waals surface area contributed by atoms with Gasteiger partial charge >= 0.3 is 0 Å². The van der Waals surface area contributed by atoms with E-state index >= 15 is 0 Å². The lowest BCUT2D eigenvalue weighted by molar-refractivity contribution is -0.123. The summed E-state index contributed by atoms with van der Waals surface area (Å²) in [6.07, 6.45) is 2.28. The Kier molecular flexibility index (Phi) is 5.29. The highest BCUT2D eigenvalue weighted by Gasteiger charge is 2.45. The van der Waals surface area contributed by atoms with Crippen molar-refractivity contribution in [1.82, 2.24) is 4.90 Å². The van der Waals surface area contributed by atoms with Crippen molar-refractivity contribution in [3.63, 3.8) is 0 Å². The molecule has 1 fully saturated rings. The average molecular weight is 418 g/mol. The van der Waals surface area contributed by atoms with E-state index in [0.717, 1.165) is 16.9 Å². The first-order chi connectivity index (χ1) is 14.7. The highest BCUT2D eigenvalue weighted by molar-refractivity contribution is 6.24. The number of Topliss-reactive ketones (excluding diaryl/α,β-unsaturated/α-hetero) is 1. The predicted molar refractivity (Wildman–Crippen MR) is 119 cm³/mol. The molecule has 1 saturated carbocycles. The number of rotatable bonds is 5. The molecule has 2 aromatic carbocycles. The Morgan fingerprint density at radius 3 is 2.42 bits per heavy atom. The Balaban J connectivity index is 1.62. The van der Waals surface area contributed by atoms with Crippen LogP contribution in [-0.2, 0) is 10.2 Å². The molecule has 5 heteroatoms. The van der Waals surface area contributed by atoms with E-state index in [9.17, 15) is 14.4 Å². The molecule has 1 unspecified atom stereocenters. The SMILES string of the molecule is C=C1CCC(N2C(=O)c3cccc(Oc4ccc(C(C)(C)CC)cc4)c3C2=O)C(=O)C1. The van der Waals surface area contributed by atoms with Gasteiger partial charge in [0.05, 0.1) is 17.2 Å². The van der Waals surface area contributed by atoms with E-state index in [4.69, 9.17) is 4.74 Å². The lowest BCUT2D eigenvalue weighted by Gasteiger charge is -2.29. The molecule has 2 aliphatic rings. The van der Waals surface area contributed by atoms with Gasteiger partial charge in [-0.2, -0.15) is 0 Å². The number of amides is 2. The van der Waals surface area contributed by atoms with Crippen molar-refractivity contribution in [3.05, 3.63) is 71.3 Å². The van der Waals surface area contributed by atoms with Crippen LogP contribution in [0.5, 0.6) is 11.5 Å². The number of ether oxygens (including phenoxy) is 1. The van der Waals surface area contributed by atoms with Crippen LogP contribution >= 0.6 is 0 Å². The smallest absolute Gasteiger partial charge is 0.266 e. The summed E-state index contributed by atoms with van der Waals surface area (Å²) in [6.45, 7) is 10.4. The van der Waals surface area contributed by atoms with Gasteiger partial charge in [-0.3, -0.25) is 19.3 Å². The monoisotopic (exact) mass is 417 g/mol. The predicted octanol–water partition coefficient (Wildman–Crippen LogP) is 5.44. The Morgan fingerprint density at radius 2 is 1.77 bits per heavy atom. The third-order valence-corrected chi connectivity index (χ3v) is 6.53. The minimum atomic E-state index is -0.735. The molecule has 2 aromatic rings. The van der Waals surface area contributed by atoms with Gasteiger partial charge in [-0.1, -0.05) is 51.1 Å². The van der Waals surface area contributed by atoms with Crippen LogP contribution in [-0.4, -0.2) is 28.5 Å². The van der Waals surface area contributed by atoms with Gasteiger partial charge in [0.2, 0.25) is 0 Å². The molecule has 0 N–H and O–H groups in total. The van der Waals surface area contributed by atoms with Gasteiger partial charge in [-0.05, 0) is 54.5 Å². The Bertz CT molecular complexity index is 1080. The molecule has 0 spiro atoms. The number of allylic oxidation sites excluding steroid dienone is 1. The van der Waals surface area contributed by atoms with Crippen LogP contribution in [0.2, 0.25) is 0 Å². The first-order valence-electron chi connectivity index (χ1n) is 10.7. The molecule has 1 heterocycles. The van der Waals surface area contributed by atoms with E-state index in [1.54, 1.807) is 18.2 Å². The Labute approximate surface area is 182 Å². The maximum atomic E-state index is 13.2. The second-order valence-corrected chi connectivity index (χ2v) is 8.97. The fourth-order valence-electron chi connectivity index (χ4n) is 4.17. The summed E-state index contributed by atoms with van der Waals surface area (Å²) >= 11 is 0. The molecule has 160 valence electrons. The number of fused-ring (bicyclic) bond motifs is 1. The van der Waals surface area contributed by atoms with E-state index in [1.165, 1.54) is 5.56 Å². The summed E-state index contributed by atoms with van der Waals surface area (Å²) in [5, 5.41) is 0. The summed E-state index contributed by atoms with van der Waals surface area (Å²) in [6, 6.07) is 12.1. The van der Waals surface area contributed by atoms with Crippen molar-refractivity contribution in [1.29, 1.82) is 0 Å². The standard InChI is InChI=1S/C26H27NO4/c1-5-26(3,4)17-10-12-18(13-11-17)31-22-8-6-7-19-23(22)25(30)27(24(19)29)20-14-9-16(2)15-21(20)28/h6-8,10-13,20H,2,5,9,14-15H2,1,3-4H3. The number of carbonyl (C=O) groups excluding carboxylic acids is 3. The zero-order valence-electron chi connectivity index (χ0n) is 18.2. The number of ketones is 1. The maximum Gasteiger partial charge on any atom is 0.266 e. The molecule has 0 aromatic heterocycles. The molecule has 31 heavy (non-hydrogen) atoms.